The Bertz CT molecular complexity index is 1400. The highest BCUT2D eigenvalue weighted by Crippen LogP contribution is 2.40. The highest BCUT2D eigenvalue weighted by molar-refractivity contribution is 7.26. The van der Waals surface area contributed by atoms with E-state index in [0.717, 1.165) is 17.7 Å². The first-order valence-corrected chi connectivity index (χ1v) is 17.8. The summed E-state index contributed by atoms with van der Waals surface area (Å²) in [6.45, 7) is 6.49. The summed E-state index contributed by atoms with van der Waals surface area (Å²) in [6, 6.07) is 18.3. The molecule has 0 radical (unpaired) electrons. The van der Waals surface area contributed by atoms with Gasteiger partial charge in [0.15, 0.2) is 11.6 Å². The van der Waals surface area contributed by atoms with Crippen molar-refractivity contribution in [3.63, 3.8) is 0 Å². The summed E-state index contributed by atoms with van der Waals surface area (Å²) in [5, 5.41) is 0. The fraction of sp³-hybridized carbons (Fsp3) is 0.444. The first-order valence-electron chi connectivity index (χ1n) is 15.3. The van der Waals surface area contributed by atoms with Gasteiger partial charge < -0.3 is 4.74 Å². The maximum atomic E-state index is 14.7. The minimum atomic E-state index is -0.348. The highest BCUT2D eigenvalue weighted by Gasteiger charge is 2.11. The van der Waals surface area contributed by atoms with Gasteiger partial charge in [-0.2, -0.15) is 0 Å². The van der Waals surface area contributed by atoms with Crippen molar-refractivity contribution in [3.8, 4) is 37.1 Å². The van der Waals surface area contributed by atoms with Crippen molar-refractivity contribution in [2.45, 2.75) is 104 Å². The van der Waals surface area contributed by atoms with Crippen LogP contribution in [0.4, 0.5) is 4.39 Å². The van der Waals surface area contributed by atoms with Crippen LogP contribution in [0, 0.1) is 17.7 Å². The lowest BCUT2D eigenvalue weighted by Crippen LogP contribution is -2.12. The molecule has 0 saturated heterocycles. The molecule has 1 aromatic carbocycles. The molecule has 3 aromatic heterocycles. The highest BCUT2D eigenvalue weighted by atomic mass is 32.1. The van der Waals surface area contributed by atoms with Gasteiger partial charge in [0.05, 0.1) is 11.0 Å². The Morgan fingerprint density at radius 1 is 0.683 bits per heavy atom. The number of thiophene rings is 3. The molecule has 3 heterocycles. The van der Waals surface area contributed by atoms with Gasteiger partial charge in [-0.25, -0.2) is 4.39 Å². The normalized spacial score (nSPS) is 11.8. The first-order chi connectivity index (χ1) is 20.1. The SMILES string of the molecule is CCCCCCCCc1ccc(-c2ccc(-c3ccc(C#Cc4ccc(O[C@H](C)CCCCCC)c(F)c4)s3)s2)s1. The second-order valence-corrected chi connectivity index (χ2v) is 14.1. The van der Waals surface area contributed by atoms with Gasteiger partial charge in [-0.3, -0.25) is 0 Å². The molecule has 4 aromatic rings. The average Bonchev–Trinajstić information content (AvgIpc) is 3.74. The van der Waals surface area contributed by atoms with Crippen LogP contribution in [0.2, 0.25) is 0 Å². The number of unbranched alkanes of at least 4 members (excludes halogenated alkanes) is 8. The molecule has 0 bridgehead atoms. The van der Waals surface area contributed by atoms with E-state index in [1.165, 1.54) is 94.7 Å². The van der Waals surface area contributed by atoms with E-state index in [4.69, 9.17) is 4.74 Å². The Balaban J connectivity index is 1.30. The smallest absolute Gasteiger partial charge is 0.166 e. The molecule has 41 heavy (non-hydrogen) atoms. The van der Waals surface area contributed by atoms with Crippen molar-refractivity contribution in [1.29, 1.82) is 0 Å². The van der Waals surface area contributed by atoms with Crippen LogP contribution >= 0.6 is 34.0 Å². The van der Waals surface area contributed by atoms with E-state index in [9.17, 15) is 4.39 Å². The van der Waals surface area contributed by atoms with Crippen molar-refractivity contribution in [1.82, 2.24) is 0 Å². The van der Waals surface area contributed by atoms with Crippen LogP contribution in [0.25, 0.3) is 19.5 Å². The molecule has 0 spiro atoms. The molecule has 0 N–H and O–H groups in total. The van der Waals surface area contributed by atoms with Crippen LogP contribution in [-0.4, -0.2) is 6.10 Å². The fourth-order valence-corrected chi connectivity index (χ4v) is 7.90. The van der Waals surface area contributed by atoms with Gasteiger partial charge in [0, 0.05) is 29.9 Å². The Kier molecular flexibility index (Phi) is 13.0. The third-order valence-electron chi connectivity index (χ3n) is 7.19. The van der Waals surface area contributed by atoms with Gasteiger partial charge >= 0.3 is 0 Å². The summed E-state index contributed by atoms with van der Waals surface area (Å²) in [5.41, 5.74) is 0.660. The van der Waals surface area contributed by atoms with Crippen LogP contribution in [0.1, 0.15) is 107 Å². The molecule has 0 saturated carbocycles. The van der Waals surface area contributed by atoms with E-state index in [2.05, 4.69) is 62.1 Å². The van der Waals surface area contributed by atoms with Crippen molar-refractivity contribution in [3.05, 3.63) is 75.7 Å². The van der Waals surface area contributed by atoms with Crippen LogP contribution in [0.5, 0.6) is 5.75 Å². The molecule has 5 heteroatoms. The number of hydrogen-bond acceptors (Lipinski definition) is 4. The van der Waals surface area contributed by atoms with Crippen LogP contribution < -0.4 is 4.74 Å². The predicted octanol–water partition coefficient (Wildman–Crippen LogP) is 12.4. The lowest BCUT2D eigenvalue weighted by atomic mass is 10.1. The molecule has 1 nitrogen and oxygen atoms in total. The number of benzene rings is 1. The number of aryl methyl sites for hydroxylation is 1. The van der Waals surface area contributed by atoms with Gasteiger partial charge in [0.1, 0.15) is 0 Å². The van der Waals surface area contributed by atoms with Crippen LogP contribution in [0.3, 0.4) is 0 Å². The molecular formula is C36H43FOS3. The largest absolute Gasteiger partial charge is 0.488 e. The lowest BCUT2D eigenvalue weighted by molar-refractivity contribution is 0.197. The topological polar surface area (TPSA) is 9.23 Å². The van der Waals surface area contributed by atoms with E-state index in [0.29, 0.717) is 11.3 Å². The van der Waals surface area contributed by atoms with Crippen LogP contribution in [0.15, 0.2) is 54.6 Å². The Morgan fingerprint density at radius 3 is 2.07 bits per heavy atom. The summed E-state index contributed by atoms with van der Waals surface area (Å²) in [7, 11) is 0. The second kappa shape index (κ2) is 16.9. The molecule has 0 aliphatic rings. The van der Waals surface area contributed by atoms with E-state index >= 15 is 0 Å². The van der Waals surface area contributed by atoms with Crippen molar-refractivity contribution < 1.29 is 9.13 Å². The average molecular weight is 607 g/mol. The summed E-state index contributed by atoms with van der Waals surface area (Å²) < 4.78 is 20.5. The molecule has 0 unspecified atom stereocenters. The molecule has 4 rings (SSSR count). The number of ether oxygens (including phenoxy) is 1. The van der Waals surface area contributed by atoms with Crippen molar-refractivity contribution >= 4 is 34.0 Å². The molecular weight excluding hydrogens is 564 g/mol. The van der Waals surface area contributed by atoms with E-state index in [-0.39, 0.29) is 11.9 Å². The van der Waals surface area contributed by atoms with E-state index in [1.807, 2.05) is 35.7 Å². The minimum Gasteiger partial charge on any atom is -0.488 e. The summed E-state index contributed by atoms with van der Waals surface area (Å²) in [6.07, 6.45) is 15.0. The van der Waals surface area contributed by atoms with E-state index < -0.39 is 0 Å². The van der Waals surface area contributed by atoms with Gasteiger partial charge in [-0.1, -0.05) is 77.1 Å². The standard InChI is InChI=1S/C36H43FOS3/c1-4-6-8-10-11-13-15-29-19-22-33(39-29)35-24-25-36(41-35)34-23-20-30(40-34)18-16-28-17-21-32(31(37)26-28)38-27(3)14-12-9-7-5-2/h17,19-27H,4-15H2,1-3H3/t27-/m1/s1. The lowest BCUT2D eigenvalue weighted by Gasteiger charge is -2.15. The summed E-state index contributed by atoms with van der Waals surface area (Å²) in [4.78, 5) is 7.64. The zero-order valence-corrected chi connectivity index (χ0v) is 27.2. The van der Waals surface area contributed by atoms with Gasteiger partial charge in [0.25, 0.3) is 0 Å². The van der Waals surface area contributed by atoms with Gasteiger partial charge in [-0.05, 0) is 87.2 Å². The Hall–Kier alpha value is -2.39. The monoisotopic (exact) mass is 606 g/mol. The Morgan fingerprint density at radius 2 is 1.32 bits per heavy atom. The number of rotatable bonds is 16. The maximum Gasteiger partial charge on any atom is 0.166 e. The summed E-state index contributed by atoms with van der Waals surface area (Å²) >= 11 is 5.46. The molecule has 0 amide bonds. The number of hydrogen-bond donors (Lipinski definition) is 0. The second-order valence-electron chi connectivity index (χ2n) is 10.8. The fourth-order valence-electron chi connectivity index (χ4n) is 4.81. The van der Waals surface area contributed by atoms with Gasteiger partial charge in [0.2, 0.25) is 0 Å². The zero-order chi connectivity index (χ0) is 28.9. The van der Waals surface area contributed by atoms with Crippen molar-refractivity contribution in [2.24, 2.45) is 0 Å². The van der Waals surface area contributed by atoms with Crippen LogP contribution in [-0.2, 0) is 6.42 Å². The molecule has 0 fully saturated rings. The third kappa shape index (κ3) is 10.1. The maximum absolute atomic E-state index is 14.7. The third-order valence-corrected chi connectivity index (χ3v) is 10.8. The van der Waals surface area contributed by atoms with Crippen molar-refractivity contribution in [2.75, 3.05) is 0 Å². The molecule has 0 aliphatic heterocycles. The first kappa shape index (κ1) is 31.5. The minimum absolute atomic E-state index is 0.00701. The molecule has 218 valence electrons. The number of halogens is 1. The summed E-state index contributed by atoms with van der Waals surface area (Å²) in [5.74, 6) is 6.32. The quantitative estimate of drug-likeness (QED) is 0.0910. The molecule has 0 aliphatic carbocycles. The Labute approximate surface area is 258 Å². The molecule has 1 atom stereocenters. The van der Waals surface area contributed by atoms with Gasteiger partial charge in [-0.15, -0.1) is 34.0 Å². The van der Waals surface area contributed by atoms with E-state index in [1.54, 1.807) is 17.4 Å². The predicted molar refractivity (Wildman–Crippen MR) is 179 cm³/mol. The zero-order valence-electron chi connectivity index (χ0n) is 24.8.